The van der Waals surface area contributed by atoms with Gasteiger partial charge in [-0.2, -0.15) is 0 Å². The maximum Gasteiger partial charge on any atom is 0.328 e. The van der Waals surface area contributed by atoms with E-state index in [0.717, 1.165) is 28.9 Å². The molecular weight excluding hydrogens is 326 g/mol. The normalized spacial score (nSPS) is 14.2. The van der Waals surface area contributed by atoms with Crippen LogP contribution in [-0.2, 0) is 18.4 Å². The predicted molar refractivity (Wildman–Crippen MR) is 92.3 cm³/mol. The molecule has 1 aliphatic rings. The van der Waals surface area contributed by atoms with E-state index in [0.29, 0.717) is 17.6 Å². The standard InChI is InChI=1S/C16H17N5O2S/c1-20-11-4-2-3-5-12(11)21(16(20)23)9-8-13(22)17-15-19-18-14(24-15)10-6-7-10/h2-5,10H,6-9H2,1H3,(H,17,19,22). The number of imidazole rings is 1. The molecule has 0 radical (unpaired) electrons. The average Bonchev–Trinajstić information content (AvgIpc) is 3.29. The summed E-state index contributed by atoms with van der Waals surface area (Å²) in [7, 11) is 1.74. The molecule has 7 nitrogen and oxygen atoms in total. The van der Waals surface area contributed by atoms with E-state index in [1.807, 2.05) is 24.3 Å². The molecule has 1 N–H and O–H groups in total. The molecule has 124 valence electrons. The first-order valence-electron chi connectivity index (χ1n) is 7.91. The van der Waals surface area contributed by atoms with Gasteiger partial charge in [0.15, 0.2) is 0 Å². The SMILES string of the molecule is Cn1c(=O)n(CCC(=O)Nc2nnc(C3CC3)s2)c2ccccc21. The van der Waals surface area contributed by atoms with Gasteiger partial charge in [-0.25, -0.2) is 4.79 Å². The highest BCUT2D eigenvalue weighted by Crippen LogP contribution is 2.42. The van der Waals surface area contributed by atoms with E-state index in [4.69, 9.17) is 0 Å². The maximum atomic E-state index is 12.3. The molecule has 1 amide bonds. The van der Waals surface area contributed by atoms with Gasteiger partial charge in [-0.1, -0.05) is 23.5 Å². The van der Waals surface area contributed by atoms with E-state index in [1.165, 1.54) is 11.3 Å². The highest BCUT2D eigenvalue weighted by Gasteiger charge is 2.27. The molecule has 2 aromatic heterocycles. The highest BCUT2D eigenvalue weighted by atomic mass is 32.1. The fourth-order valence-corrected chi connectivity index (χ4v) is 3.68. The number of hydrogen-bond donors (Lipinski definition) is 1. The van der Waals surface area contributed by atoms with Crippen molar-refractivity contribution in [3.63, 3.8) is 0 Å². The van der Waals surface area contributed by atoms with Gasteiger partial charge in [-0.3, -0.25) is 13.9 Å². The third-order valence-corrected chi connectivity index (χ3v) is 5.23. The Bertz CT molecular complexity index is 966. The molecule has 0 spiro atoms. The fraction of sp³-hybridized carbons (Fsp3) is 0.375. The lowest BCUT2D eigenvalue weighted by Gasteiger charge is -2.03. The Hall–Kier alpha value is -2.48. The number of hydrogen-bond acceptors (Lipinski definition) is 5. The van der Waals surface area contributed by atoms with E-state index in [9.17, 15) is 9.59 Å². The van der Waals surface area contributed by atoms with Gasteiger partial charge in [0, 0.05) is 25.9 Å². The van der Waals surface area contributed by atoms with Crippen LogP contribution in [0.15, 0.2) is 29.1 Å². The summed E-state index contributed by atoms with van der Waals surface area (Å²) < 4.78 is 3.23. The number of benzene rings is 1. The molecule has 0 unspecified atom stereocenters. The summed E-state index contributed by atoms with van der Waals surface area (Å²) in [6.07, 6.45) is 2.53. The summed E-state index contributed by atoms with van der Waals surface area (Å²) in [5, 5.41) is 12.4. The zero-order valence-electron chi connectivity index (χ0n) is 13.2. The van der Waals surface area contributed by atoms with Crippen LogP contribution in [0.4, 0.5) is 5.13 Å². The zero-order valence-corrected chi connectivity index (χ0v) is 14.0. The summed E-state index contributed by atoms with van der Waals surface area (Å²) in [4.78, 5) is 24.5. The van der Waals surface area contributed by atoms with Gasteiger partial charge in [-0.05, 0) is 25.0 Å². The van der Waals surface area contributed by atoms with Crippen LogP contribution in [0.2, 0.25) is 0 Å². The lowest BCUT2D eigenvalue weighted by atomic mass is 10.3. The second-order valence-electron chi connectivity index (χ2n) is 6.00. The monoisotopic (exact) mass is 343 g/mol. The van der Waals surface area contributed by atoms with Crippen LogP contribution in [0.3, 0.4) is 0 Å². The van der Waals surface area contributed by atoms with E-state index < -0.39 is 0 Å². The van der Waals surface area contributed by atoms with Gasteiger partial charge in [-0.15, -0.1) is 10.2 Å². The lowest BCUT2D eigenvalue weighted by Crippen LogP contribution is -2.24. The first-order valence-corrected chi connectivity index (χ1v) is 8.72. The molecular formula is C16H17N5O2S. The number of carbonyl (C=O) groups excluding carboxylic acids is 1. The number of carbonyl (C=O) groups is 1. The second kappa shape index (κ2) is 5.86. The van der Waals surface area contributed by atoms with E-state index in [-0.39, 0.29) is 18.0 Å². The minimum absolute atomic E-state index is 0.115. The van der Waals surface area contributed by atoms with Crippen molar-refractivity contribution in [1.29, 1.82) is 0 Å². The zero-order chi connectivity index (χ0) is 16.7. The lowest BCUT2D eigenvalue weighted by molar-refractivity contribution is -0.116. The minimum atomic E-state index is -0.159. The third kappa shape index (κ3) is 2.73. The van der Waals surface area contributed by atoms with E-state index in [1.54, 1.807) is 16.2 Å². The summed E-state index contributed by atoms with van der Waals surface area (Å²) in [6.45, 7) is 0.334. The molecule has 1 saturated carbocycles. The summed E-state index contributed by atoms with van der Waals surface area (Å²) in [6, 6.07) is 7.57. The number of amides is 1. The fourth-order valence-electron chi connectivity index (χ4n) is 2.75. The second-order valence-corrected chi connectivity index (χ2v) is 7.01. The van der Waals surface area contributed by atoms with Crippen LogP contribution in [0.25, 0.3) is 11.0 Å². The average molecular weight is 343 g/mol. The van der Waals surface area contributed by atoms with Crippen LogP contribution in [-0.4, -0.2) is 25.2 Å². The van der Waals surface area contributed by atoms with Crippen LogP contribution >= 0.6 is 11.3 Å². The van der Waals surface area contributed by atoms with Gasteiger partial charge in [0.1, 0.15) is 5.01 Å². The molecule has 3 aromatic rings. The molecule has 1 aromatic carbocycles. The Morgan fingerprint density at radius 3 is 2.79 bits per heavy atom. The predicted octanol–water partition coefficient (Wildman–Crippen LogP) is 2.10. The molecule has 1 fully saturated rings. The van der Waals surface area contributed by atoms with Crippen LogP contribution in [0.5, 0.6) is 0 Å². The summed E-state index contributed by atoms with van der Waals surface area (Å²) >= 11 is 1.44. The van der Waals surface area contributed by atoms with Gasteiger partial charge in [0.2, 0.25) is 11.0 Å². The Morgan fingerprint density at radius 1 is 1.29 bits per heavy atom. The van der Waals surface area contributed by atoms with Crippen LogP contribution in [0, 0.1) is 0 Å². The van der Waals surface area contributed by atoms with Crippen molar-refractivity contribution in [3.05, 3.63) is 39.8 Å². The van der Waals surface area contributed by atoms with Crippen molar-refractivity contribution < 1.29 is 4.79 Å². The molecule has 0 bridgehead atoms. The summed E-state index contributed by atoms with van der Waals surface area (Å²) in [5.74, 6) is 0.371. The Kier molecular flexibility index (Phi) is 3.68. The number of aryl methyl sites for hydroxylation is 2. The van der Waals surface area contributed by atoms with Crippen LogP contribution in [0.1, 0.15) is 30.2 Å². The van der Waals surface area contributed by atoms with Gasteiger partial charge in [0.25, 0.3) is 0 Å². The van der Waals surface area contributed by atoms with Crippen LogP contribution < -0.4 is 11.0 Å². The number of rotatable bonds is 5. The van der Waals surface area contributed by atoms with Gasteiger partial charge in [0.05, 0.1) is 11.0 Å². The first-order chi connectivity index (χ1) is 11.6. The quantitative estimate of drug-likeness (QED) is 0.769. The van der Waals surface area contributed by atoms with Gasteiger partial charge >= 0.3 is 5.69 Å². The topological polar surface area (TPSA) is 81.8 Å². The van der Waals surface area contributed by atoms with Crippen molar-refractivity contribution in [2.45, 2.75) is 31.7 Å². The molecule has 8 heteroatoms. The van der Waals surface area contributed by atoms with Crippen molar-refractivity contribution in [2.75, 3.05) is 5.32 Å². The molecule has 0 saturated heterocycles. The van der Waals surface area contributed by atoms with Crippen molar-refractivity contribution in [1.82, 2.24) is 19.3 Å². The molecule has 0 aliphatic heterocycles. The van der Waals surface area contributed by atoms with Crippen molar-refractivity contribution in [2.24, 2.45) is 7.05 Å². The number of nitrogens with zero attached hydrogens (tertiary/aromatic N) is 4. The third-order valence-electron chi connectivity index (χ3n) is 4.23. The highest BCUT2D eigenvalue weighted by molar-refractivity contribution is 7.15. The Morgan fingerprint density at radius 2 is 2.04 bits per heavy atom. The Labute approximate surface area is 141 Å². The van der Waals surface area contributed by atoms with Crippen molar-refractivity contribution in [3.8, 4) is 0 Å². The Balaban J connectivity index is 1.45. The largest absolute Gasteiger partial charge is 0.328 e. The minimum Gasteiger partial charge on any atom is -0.300 e. The number of anilines is 1. The number of nitrogens with one attached hydrogen (secondary N) is 1. The number of para-hydroxylation sites is 2. The molecule has 4 rings (SSSR count). The molecule has 2 heterocycles. The maximum absolute atomic E-state index is 12.3. The van der Waals surface area contributed by atoms with Gasteiger partial charge < -0.3 is 5.32 Å². The van der Waals surface area contributed by atoms with E-state index in [2.05, 4.69) is 15.5 Å². The molecule has 1 aliphatic carbocycles. The smallest absolute Gasteiger partial charge is 0.300 e. The molecule has 24 heavy (non-hydrogen) atoms. The van der Waals surface area contributed by atoms with E-state index >= 15 is 0 Å². The molecule has 0 atom stereocenters. The number of fused-ring (bicyclic) bond motifs is 1. The first kappa shape index (κ1) is 15.1. The van der Waals surface area contributed by atoms with Crippen molar-refractivity contribution >= 4 is 33.4 Å². The summed E-state index contributed by atoms with van der Waals surface area (Å²) in [5.41, 5.74) is 1.58. The number of aromatic nitrogens is 4.